The molecule has 1 saturated heterocycles. The summed E-state index contributed by atoms with van der Waals surface area (Å²) in [6.07, 6.45) is 0.510. The molecule has 2 atom stereocenters. The number of ether oxygens (including phenoxy) is 1. The molecule has 1 fully saturated rings. The van der Waals surface area contributed by atoms with Gasteiger partial charge in [0.1, 0.15) is 5.78 Å². The lowest BCUT2D eigenvalue weighted by molar-refractivity contribution is -0.122. The molecule has 2 unspecified atom stereocenters. The number of hydrogen-bond donors (Lipinski definition) is 1. The molecule has 1 aliphatic rings. The number of Topliss-reactive ketones (excluding diaryl/α,β-unsaturated/α-hetero) is 1. The molecule has 0 spiro atoms. The standard InChI is InChI=1S/C15H21NO2/c1-3-16-14-10-18-9-13(14)15(17)8-12-6-4-11(2)5-7-12/h4-7,13-14,16H,3,8-10H2,1-2H3. The van der Waals surface area contributed by atoms with Crippen LogP contribution in [0.4, 0.5) is 0 Å². The van der Waals surface area contributed by atoms with Crippen molar-refractivity contribution < 1.29 is 9.53 Å². The first kappa shape index (κ1) is 13.2. The van der Waals surface area contributed by atoms with Crippen molar-refractivity contribution in [3.05, 3.63) is 35.4 Å². The van der Waals surface area contributed by atoms with Crippen molar-refractivity contribution in [2.45, 2.75) is 26.3 Å². The van der Waals surface area contributed by atoms with Crippen molar-refractivity contribution >= 4 is 5.78 Å². The summed E-state index contributed by atoms with van der Waals surface area (Å²) in [7, 11) is 0. The van der Waals surface area contributed by atoms with Crippen molar-refractivity contribution in [2.24, 2.45) is 5.92 Å². The Kier molecular flexibility index (Phi) is 4.50. The van der Waals surface area contributed by atoms with E-state index in [9.17, 15) is 4.79 Å². The van der Waals surface area contributed by atoms with Crippen LogP contribution in [0.3, 0.4) is 0 Å². The molecule has 1 heterocycles. The number of carbonyl (C=O) groups excluding carboxylic acids is 1. The van der Waals surface area contributed by atoms with Crippen molar-refractivity contribution in [3.8, 4) is 0 Å². The maximum absolute atomic E-state index is 12.3. The summed E-state index contributed by atoms with van der Waals surface area (Å²) in [5, 5.41) is 3.32. The van der Waals surface area contributed by atoms with Crippen LogP contribution in [-0.2, 0) is 16.0 Å². The Labute approximate surface area is 109 Å². The van der Waals surface area contributed by atoms with Gasteiger partial charge < -0.3 is 10.1 Å². The van der Waals surface area contributed by atoms with Crippen LogP contribution in [0, 0.1) is 12.8 Å². The molecule has 1 N–H and O–H groups in total. The molecule has 98 valence electrons. The van der Waals surface area contributed by atoms with Crippen LogP contribution in [-0.4, -0.2) is 31.6 Å². The number of ketones is 1. The van der Waals surface area contributed by atoms with Crippen LogP contribution in [0.5, 0.6) is 0 Å². The average molecular weight is 247 g/mol. The fraction of sp³-hybridized carbons (Fsp3) is 0.533. The molecule has 0 radical (unpaired) electrons. The van der Waals surface area contributed by atoms with Crippen LogP contribution in [0.1, 0.15) is 18.1 Å². The summed E-state index contributed by atoms with van der Waals surface area (Å²) in [6.45, 7) is 6.19. The van der Waals surface area contributed by atoms with E-state index in [0.29, 0.717) is 19.6 Å². The molecule has 0 amide bonds. The Morgan fingerprint density at radius 2 is 2.06 bits per heavy atom. The van der Waals surface area contributed by atoms with Gasteiger partial charge in [-0.1, -0.05) is 36.8 Å². The smallest absolute Gasteiger partial charge is 0.144 e. The molecule has 0 saturated carbocycles. The summed E-state index contributed by atoms with van der Waals surface area (Å²) in [4.78, 5) is 12.3. The zero-order valence-electron chi connectivity index (χ0n) is 11.1. The van der Waals surface area contributed by atoms with E-state index in [1.165, 1.54) is 5.56 Å². The van der Waals surface area contributed by atoms with Gasteiger partial charge in [-0.25, -0.2) is 0 Å². The van der Waals surface area contributed by atoms with Gasteiger partial charge in [0.05, 0.1) is 19.1 Å². The molecule has 3 nitrogen and oxygen atoms in total. The number of nitrogens with one attached hydrogen (secondary N) is 1. The number of likely N-dealkylation sites (N-methyl/N-ethyl adjacent to an activating group) is 1. The molecular formula is C15H21NO2. The highest BCUT2D eigenvalue weighted by atomic mass is 16.5. The Bertz CT molecular complexity index is 399. The zero-order valence-corrected chi connectivity index (χ0v) is 11.1. The number of aryl methyl sites for hydroxylation is 1. The number of benzene rings is 1. The first-order chi connectivity index (χ1) is 8.70. The predicted molar refractivity (Wildman–Crippen MR) is 71.7 cm³/mol. The maximum Gasteiger partial charge on any atom is 0.144 e. The summed E-state index contributed by atoms with van der Waals surface area (Å²) in [5.41, 5.74) is 2.31. The van der Waals surface area contributed by atoms with E-state index in [0.717, 1.165) is 12.1 Å². The number of carbonyl (C=O) groups is 1. The second-order valence-electron chi connectivity index (χ2n) is 4.94. The third kappa shape index (κ3) is 3.18. The number of hydrogen-bond acceptors (Lipinski definition) is 3. The third-order valence-electron chi connectivity index (χ3n) is 3.46. The molecular weight excluding hydrogens is 226 g/mol. The molecule has 1 aliphatic heterocycles. The van der Waals surface area contributed by atoms with Gasteiger partial charge in [-0.3, -0.25) is 4.79 Å². The lowest BCUT2D eigenvalue weighted by Crippen LogP contribution is -2.39. The Morgan fingerprint density at radius 3 is 2.72 bits per heavy atom. The minimum Gasteiger partial charge on any atom is -0.379 e. The normalized spacial score (nSPS) is 23.2. The fourth-order valence-electron chi connectivity index (χ4n) is 2.37. The molecule has 0 aromatic heterocycles. The summed E-state index contributed by atoms with van der Waals surface area (Å²) in [5.74, 6) is 0.286. The van der Waals surface area contributed by atoms with Crippen LogP contribution < -0.4 is 5.32 Å². The lowest BCUT2D eigenvalue weighted by Gasteiger charge is -2.17. The zero-order chi connectivity index (χ0) is 13.0. The van der Waals surface area contributed by atoms with E-state index in [1.54, 1.807) is 0 Å². The second-order valence-corrected chi connectivity index (χ2v) is 4.94. The third-order valence-corrected chi connectivity index (χ3v) is 3.46. The highest BCUT2D eigenvalue weighted by molar-refractivity contribution is 5.84. The summed E-state index contributed by atoms with van der Waals surface area (Å²) >= 11 is 0. The first-order valence-corrected chi connectivity index (χ1v) is 6.60. The number of rotatable bonds is 5. The molecule has 0 bridgehead atoms. The van der Waals surface area contributed by atoms with E-state index in [-0.39, 0.29) is 17.7 Å². The Hall–Kier alpha value is -1.19. The van der Waals surface area contributed by atoms with E-state index >= 15 is 0 Å². The average Bonchev–Trinajstić information content (AvgIpc) is 2.81. The van der Waals surface area contributed by atoms with Gasteiger partial charge in [0.15, 0.2) is 0 Å². The van der Waals surface area contributed by atoms with Gasteiger partial charge in [0.25, 0.3) is 0 Å². The van der Waals surface area contributed by atoms with E-state index in [4.69, 9.17) is 4.74 Å². The monoisotopic (exact) mass is 247 g/mol. The Morgan fingerprint density at radius 1 is 1.33 bits per heavy atom. The van der Waals surface area contributed by atoms with Gasteiger partial charge in [-0.2, -0.15) is 0 Å². The maximum atomic E-state index is 12.3. The quantitative estimate of drug-likeness (QED) is 0.861. The van der Waals surface area contributed by atoms with Crippen LogP contribution in [0.25, 0.3) is 0 Å². The SMILES string of the molecule is CCNC1COCC1C(=O)Cc1ccc(C)cc1. The molecule has 0 aliphatic carbocycles. The van der Waals surface area contributed by atoms with Crippen molar-refractivity contribution in [1.29, 1.82) is 0 Å². The minimum atomic E-state index is 0.00579. The highest BCUT2D eigenvalue weighted by Gasteiger charge is 2.32. The van der Waals surface area contributed by atoms with Crippen LogP contribution in [0.15, 0.2) is 24.3 Å². The molecule has 1 aromatic rings. The van der Waals surface area contributed by atoms with Crippen molar-refractivity contribution in [2.75, 3.05) is 19.8 Å². The van der Waals surface area contributed by atoms with Gasteiger partial charge in [0.2, 0.25) is 0 Å². The molecule has 3 heteroatoms. The van der Waals surface area contributed by atoms with Crippen molar-refractivity contribution in [3.63, 3.8) is 0 Å². The molecule has 1 aromatic carbocycles. The van der Waals surface area contributed by atoms with E-state index in [2.05, 4.69) is 31.3 Å². The Balaban J connectivity index is 1.96. The van der Waals surface area contributed by atoms with Crippen LogP contribution >= 0.6 is 0 Å². The van der Waals surface area contributed by atoms with E-state index < -0.39 is 0 Å². The van der Waals surface area contributed by atoms with Crippen LogP contribution in [0.2, 0.25) is 0 Å². The fourth-order valence-corrected chi connectivity index (χ4v) is 2.37. The highest BCUT2D eigenvalue weighted by Crippen LogP contribution is 2.17. The molecule has 2 rings (SSSR count). The summed E-state index contributed by atoms with van der Waals surface area (Å²) < 4.78 is 5.42. The largest absolute Gasteiger partial charge is 0.379 e. The van der Waals surface area contributed by atoms with Gasteiger partial charge in [-0.05, 0) is 19.0 Å². The second kappa shape index (κ2) is 6.12. The topological polar surface area (TPSA) is 38.3 Å². The van der Waals surface area contributed by atoms with Gasteiger partial charge in [-0.15, -0.1) is 0 Å². The lowest BCUT2D eigenvalue weighted by atomic mass is 9.93. The van der Waals surface area contributed by atoms with Gasteiger partial charge in [0, 0.05) is 12.5 Å². The van der Waals surface area contributed by atoms with Crippen molar-refractivity contribution in [1.82, 2.24) is 5.32 Å². The predicted octanol–water partition coefficient (Wildman–Crippen LogP) is 1.73. The minimum absolute atomic E-state index is 0.00579. The first-order valence-electron chi connectivity index (χ1n) is 6.60. The van der Waals surface area contributed by atoms with E-state index in [1.807, 2.05) is 12.1 Å². The van der Waals surface area contributed by atoms with Gasteiger partial charge >= 0.3 is 0 Å². The summed E-state index contributed by atoms with van der Waals surface area (Å²) in [6, 6.07) is 8.36. The molecule has 18 heavy (non-hydrogen) atoms.